The topological polar surface area (TPSA) is 472 Å². The van der Waals surface area contributed by atoms with Crippen LogP contribution in [-0.2, 0) is 28.8 Å². The van der Waals surface area contributed by atoms with Gasteiger partial charge < -0.3 is 86.2 Å². The monoisotopic (exact) mass is 1130 g/mol. The Morgan fingerprint density at radius 3 is 1.56 bits per heavy atom. The number of carboxylic acid groups (broad SMARTS) is 1. The lowest BCUT2D eigenvalue weighted by Gasteiger charge is -2.27. The summed E-state index contributed by atoms with van der Waals surface area (Å²) in [6.45, 7) is 6.91. The summed E-state index contributed by atoms with van der Waals surface area (Å²) in [4.78, 5) is 128. The minimum atomic E-state index is -1.40. The molecule has 1 aliphatic heterocycles. The molecule has 4 rings (SSSR count). The number of aromatic carboxylic acids is 1. The summed E-state index contributed by atoms with van der Waals surface area (Å²) in [5.41, 5.74) is 33.6. The number of unbranched alkanes of at least 4 members (excludes halogenated alkanes) is 2. The van der Waals surface area contributed by atoms with E-state index in [-0.39, 0.29) is 89.4 Å². The number of aromatic hydroxyl groups is 1. The lowest BCUT2D eigenvalue weighted by molar-refractivity contribution is -0.135. The molecule has 1 aliphatic carbocycles. The molecular formula is C54H77N15O12. The van der Waals surface area contributed by atoms with E-state index < -0.39 is 83.6 Å². The van der Waals surface area contributed by atoms with Gasteiger partial charge in [0.25, 0.3) is 5.91 Å². The first-order chi connectivity index (χ1) is 38.4. The van der Waals surface area contributed by atoms with E-state index in [9.17, 15) is 53.4 Å². The summed E-state index contributed by atoms with van der Waals surface area (Å²) in [6, 6.07) is 4.51. The Balaban J connectivity index is 1.43. The van der Waals surface area contributed by atoms with Gasteiger partial charge in [0.1, 0.15) is 53.3 Å². The second kappa shape index (κ2) is 31.7. The fraction of sp³-hybridized carbons (Fsp3) is 0.463. The molecule has 7 atom stereocenters. The number of hydrogen-bond acceptors (Lipinski definition) is 15. The van der Waals surface area contributed by atoms with Crippen molar-refractivity contribution in [2.75, 3.05) is 26.2 Å². The highest BCUT2D eigenvalue weighted by Crippen LogP contribution is 2.42. The zero-order valence-electron chi connectivity index (χ0n) is 46.0. The smallest absolute Gasteiger partial charge is 0.336 e. The zero-order valence-corrected chi connectivity index (χ0v) is 46.0. The molecule has 0 spiro atoms. The van der Waals surface area contributed by atoms with Gasteiger partial charge in [-0.05, 0) is 147 Å². The van der Waals surface area contributed by atoms with Crippen molar-refractivity contribution in [1.82, 2.24) is 37.2 Å². The van der Waals surface area contributed by atoms with Gasteiger partial charge in [0.2, 0.25) is 35.4 Å². The molecule has 7 amide bonds. The number of aliphatic imine (C=N–C) groups is 2. The molecule has 0 aromatic heterocycles. The van der Waals surface area contributed by atoms with Crippen molar-refractivity contribution in [3.8, 4) is 28.2 Å². The van der Waals surface area contributed by atoms with Gasteiger partial charge in [-0.15, -0.1) is 0 Å². The Bertz CT molecular complexity index is 2960. The number of carbonyl (C=O) groups excluding carboxylic acids is 7. The molecule has 2 aromatic rings. The molecule has 0 fully saturated rings. The second-order valence-corrected chi connectivity index (χ2v) is 19.6. The fourth-order valence-electron chi connectivity index (χ4n) is 8.54. The molecule has 0 saturated heterocycles. The highest BCUT2D eigenvalue weighted by atomic mass is 16.4. The Kier molecular flexibility index (Phi) is 25.3. The van der Waals surface area contributed by atoms with Crippen molar-refractivity contribution >= 4 is 70.2 Å². The van der Waals surface area contributed by atoms with Crippen molar-refractivity contribution in [1.29, 1.82) is 0 Å². The van der Waals surface area contributed by atoms with E-state index in [1.807, 2.05) is 0 Å². The maximum Gasteiger partial charge on any atom is 0.336 e. The number of fused-ring (bicyclic) bond motifs is 2. The Morgan fingerprint density at radius 1 is 0.543 bits per heavy atom. The highest BCUT2D eigenvalue weighted by molar-refractivity contribution is 6.09. The summed E-state index contributed by atoms with van der Waals surface area (Å²) in [5, 5.41) is 39.4. The van der Waals surface area contributed by atoms with Gasteiger partial charge in [-0.25, -0.2) is 4.79 Å². The van der Waals surface area contributed by atoms with Crippen LogP contribution in [0.5, 0.6) is 5.75 Å². The number of nitrogens with one attached hydrogen (secondary N) is 7. The lowest BCUT2D eigenvalue weighted by Crippen LogP contribution is -2.59. The molecule has 81 heavy (non-hydrogen) atoms. The first-order valence-corrected chi connectivity index (χ1v) is 26.7. The van der Waals surface area contributed by atoms with E-state index in [1.165, 1.54) is 69.3 Å². The van der Waals surface area contributed by atoms with Crippen LogP contribution in [0.25, 0.3) is 33.4 Å². The molecular weight excluding hydrogens is 1050 g/mol. The number of phenolic OH excluding ortho intramolecular Hbond substituents is 1. The number of phenols is 1. The predicted octanol–water partition coefficient (Wildman–Crippen LogP) is -0.579. The number of amides is 7. The predicted molar refractivity (Wildman–Crippen MR) is 304 cm³/mol. The molecule has 27 heteroatoms. The van der Waals surface area contributed by atoms with Gasteiger partial charge in [-0.3, -0.25) is 48.3 Å². The average molecular weight is 1130 g/mol. The molecule has 1 heterocycles. The Hall–Kier alpha value is -8.85. The second-order valence-electron chi connectivity index (χ2n) is 19.6. The quantitative estimate of drug-likeness (QED) is 0.0126. The van der Waals surface area contributed by atoms with Crippen molar-refractivity contribution in [2.24, 2.45) is 44.4 Å². The summed E-state index contributed by atoms with van der Waals surface area (Å²) < 4.78 is 5.88. The summed E-state index contributed by atoms with van der Waals surface area (Å²) in [6.07, 6.45) is 3.70. The third-order valence-corrected chi connectivity index (χ3v) is 12.9. The molecule has 0 unspecified atom stereocenters. The van der Waals surface area contributed by atoms with Crippen LogP contribution in [0, 0.1) is 0 Å². The van der Waals surface area contributed by atoms with Crippen LogP contribution in [0.1, 0.15) is 113 Å². The van der Waals surface area contributed by atoms with Crippen LogP contribution in [-0.4, -0.2) is 138 Å². The lowest BCUT2D eigenvalue weighted by atomic mass is 9.90. The SMILES string of the molecule is C[C@H](CCCN=C(N)N)NC(=O)[C@H](CCCCN)NC(=O)[C@H](CCCCN)NC(=O)[C@H](CCCN=C(N)N)NC(=O)[C@H](C)NC(=O)[C@H](C)NC(=O)[C@H](C)NC(=O)c1ccc(-c2c3ccc(=O)cc-3oc3cc(O)ccc23)c(C(=O)O)c1. The molecule has 27 nitrogen and oxygen atoms in total. The average Bonchev–Trinajstić information content (AvgIpc) is 3.61. The van der Waals surface area contributed by atoms with Gasteiger partial charge in [0.05, 0.1) is 5.56 Å². The minimum Gasteiger partial charge on any atom is -0.508 e. The van der Waals surface area contributed by atoms with E-state index in [4.69, 9.17) is 38.8 Å². The van der Waals surface area contributed by atoms with Gasteiger partial charge in [0.15, 0.2) is 17.3 Å². The summed E-state index contributed by atoms with van der Waals surface area (Å²) in [7, 11) is 0. The molecule has 21 N–H and O–H groups in total. The van der Waals surface area contributed by atoms with Crippen molar-refractivity contribution in [3.63, 3.8) is 0 Å². The largest absolute Gasteiger partial charge is 0.508 e. The standard InChI is InChI=1S/C54H77N15O12/c1-28(11-9-23-61-53(57)58)63-49(76)39(12-5-7-21-55)68-50(77)40(13-6-8-22-56)69-51(78)41(14-10-24-62-54(59)60)67-47(74)31(4)65-45(72)29(2)64-46(73)30(3)66-48(75)32-15-18-35(38(25-32)52(79)80)44-36-19-16-33(70)26-42(36)81-43-27-34(71)17-20-37(43)44/h15-20,25-31,39-41,70H,5-14,21-24,55-56H2,1-4H3,(H,63,76)(H,64,73)(H,65,72)(H,66,75)(H,67,74)(H,68,77)(H,69,78)(H,79,80)(H4,57,58,61)(H4,59,60,62)/t28-,29+,30+,31+,39+,40+,41+/m1/s1. The number of nitrogens with two attached hydrogens (primary N) is 6. The van der Waals surface area contributed by atoms with Crippen LogP contribution in [0.2, 0.25) is 0 Å². The van der Waals surface area contributed by atoms with Gasteiger partial charge >= 0.3 is 5.97 Å². The van der Waals surface area contributed by atoms with E-state index in [2.05, 4.69) is 47.2 Å². The Morgan fingerprint density at radius 2 is 1.02 bits per heavy atom. The van der Waals surface area contributed by atoms with Crippen molar-refractivity contribution in [3.05, 3.63) is 75.9 Å². The van der Waals surface area contributed by atoms with Gasteiger partial charge in [0, 0.05) is 53.3 Å². The number of benzene rings is 3. The minimum absolute atomic E-state index is 0.0243. The maximum atomic E-state index is 14.1. The van der Waals surface area contributed by atoms with Crippen molar-refractivity contribution < 1.29 is 53.0 Å². The van der Waals surface area contributed by atoms with Crippen LogP contribution >= 0.6 is 0 Å². The number of carbonyl (C=O) groups is 8. The normalized spacial score (nSPS) is 13.7. The third kappa shape index (κ3) is 20.1. The fourth-order valence-corrected chi connectivity index (χ4v) is 8.54. The Labute approximate surface area is 468 Å². The van der Waals surface area contributed by atoms with Crippen molar-refractivity contribution in [2.45, 2.75) is 134 Å². The highest BCUT2D eigenvalue weighted by Gasteiger charge is 2.32. The number of carboxylic acids is 1. The van der Waals surface area contributed by atoms with Gasteiger partial charge in [-0.2, -0.15) is 0 Å². The van der Waals surface area contributed by atoms with E-state index >= 15 is 0 Å². The number of nitrogens with zero attached hydrogens (tertiary/aromatic N) is 2. The first-order valence-electron chi connectivity index (χ1n) is 26.7. The first kappa shape index (κ1) is 64.7. The van der Waals surface area contributed by atoms with Crippen LogP contribution < -0.4 is 77.0 Å². The summed E-state index contributed by atoms with van der Waals surface area (Å²) >= 11 is 0. The molecule has 0 radical (unpaired) electrons. The number of guanidine groups is 2. The van der Waals surface area contributed by atoms with Crippen LogP contribution in [0.4, 0.5) is 0 Å². The molecule has 0 bridgehead atoms. The third-order valence-electron chi connectivity index (χ3n) is 12.9. The van der Waals surface area contributed by atoms with Gasteiger partial charge in [-0.1, -0.05) is 6.07 Å². The van der Waals surface area contributed by atoms with Crippen LogP contribution in [0.15, 0.2) is 73.8 Å². The molecule has 0 saturated carbocycles. The molecule has 2 aromatic carbocycles. The zero-order chi connectivity index (χ0) is 59.9. The van der Waals surface area contributed by atoms with E-state index in [0.717, 1.165) is 6.07 Å². The van der Waals surface area contributed by atoms with E-state index in [1.54, 1.807) is 6.92 Å². The molecule has 2 aliphatic rings. The van der Waals surface area contributed by atoms with E-state index in [0.29, 0.717) is 74.7 Å². The summed E-state index contributed by atoms with van der Waals surface area (Å²) in [5.74, 6) is -6.80. The van der Waals surface area contributed by atoms with Crippen LogP contribution in [0.3, 0.4) is 0 Å². The molecule has 440 valence electrons. The number of hydrogen-bond donors (Lipinski definition) is 15. The number of rotatable bonds is 32. The maximum absolute atomic E-state index is 14.1.